The lowest BCUT2D eigenvalue weighted by Crippen LogP contribution is -2.52. The minimum Gasteiger partial charge on any atom is -0.352 e. The van der Waals surface area contributed by atoms with Crippen LogP contribution in [0, 0.1) is 0 Å². The summed E-state index contributed by atoms with van der Waals surface area (Å²) in [5.74, 6) is -0.807. The van der Waals surface area contributed by atoms with Crippen molar-refractivity contribution in [3.63, 3.8) is 0 Å². The molecule has 0 aliphatic carbocycles. The van der Waals surface area contributed by atoms with E-state index >= 15 is 0 Å². The molecule has 2 atom stereocenters. The average molecular weight is 559 g/mol. The van der Waals surface area contributed by atoms with Gasteiger partial charge in [0.15, 0.2) is 0 Å². The molecular weight excluding hydrogens is 530 g/mol. The molecule has 2 unspecified atom stereocenters. The molecule has 0 bridgehead atoms. The number of rotatable bonds is 10. The molecule has 0 saturated carbocycles. The van der Waals surface area contributed by atoms with Crippen LogP contribution in [0.5, 0.6) is 0 Å². The summed E-state index contributed by atoms with van der Waals surface area (Å²) in [7, 11) is -3.79. The highest BCUT2D eigenvalue weighted by molar-refractivity contribution is 9.10. The zero-order valence-electron chi connectivity index (χ0n) is 19.1. The Morgan fingerprint density at radius 3 is 2.30 bits per heavy atom. The van der Waals surface area contributed by atoms with E-state index in [2.05, 4.69) is 21.2 Å². The van der Waals surface area contributed by atoms with Gasteiger partial charge in [0.2, 0.25) is 21.8 Å². The number of hydrogen-bond donors (Lipinski definition) is 1. The van der Waals surface area contributed by atoms with Crippen LogP contribution in [0.15, 0.2) is 53.0 Å². The third-order valence-electron chi connectivity index (χ3n) is 5.21. The van der Waals surface area contributed by atoms with Crippen LogP contribution in [-0.4, -0.2) is 50.0 Å². The van der Waals surface area contributed by atoms with E-state index in [1.54, 1.807) is 25.1 Å². The van der Waals surface area contributed by atoms with Crippen LogP contribution >= 0.6 is 27.5 Å². The minimum atomic E-state index is -3.79. The van der Waals surface area contributed by atoms with Gasteiger partial charge in [0.05, 0.1) is 11.9 Å². The molecule has 33 heavy (non-hydrogen) atoms. The molecule has 0 saturated heterocycles. The minimum absolute atomic E-state index is 0.0523. The first-order valence-electron chi connectivity index (χ1n) is 10.5. The maximum absolute atomic E-state index is 13.4. The Morgan fingerprint density at radius 2 is 1.76 bits per heavy atom. The standard InChI is InChI=1S/C23H29BrClN3O4S/c1-5-16(2)26-23(30)17(3)27(14-18-9-11-19(24)12-10-18)22(29)15-28(33(4,31)32)21-8-6-7-20(25)13-21/h6-13,16-17H,5,14-15H2,1-4H3,(H,26,30). The van der Waals surface area contributed by atoms with Gasteiger partial charge in [0, 0.05) is 22.1 Å². The van der Waals surface area contributed by atoms with E-state index < -0.39 is 28.5 Å². The summed E-state index contributed by atoms with van der Waals surface area (Å²) in [6.07, 6.45) is 1.77. The topological polar surface area (TPSA) is 86.8 Å². The molecule has 180 valence electrons. The van der Waals surface area contributed by atoms with Crippen LogP contribution in [0.25, 0.3) is 0 Å². The molecular formula is C23H29BrClN3O4S. The van der Waals surface area contributed by atoms with Crippen LogP contribution < -0.4 is 9.62 Å². The summed E-state index contributed by atoms with van der Waals surface area (Å²) in [5, 5.41) is 3.24. The van der Waals surface area contributed by atoms with Gasteiger partial charge in [-0.2, -0.15) is 0 Å². The quantitative estimate of drug-likeness (QED) is 0.474. The van der Waals surface area contributed by atoms with Crippen LogP contribution in [0.2, 0.25) is 5.02 Å². The van der Waals surface area contributed by atoms with E-state index in [0.717, 1.165) is 27.0 Å². The highest BCUT2D eigenvalue weighted by Crippen LogP contribution is 2.23. The number of hydrogen-bond acceptors (Lipinski definition) is 4. The Balaban J connectivity index is 2.37. The molecule has 0 aliphatic rings. The molecule has 0 fully saturated rings. The number of halogens is 2. The average Bonchev–Trinajstić information content (AvgIpc) is 2.75. The van der Waals surface area contributed by atoms with Gasteiger partial charge in [-0.05, 0) is 56.2 Å². The lowest BCUT2D eigenvalue weighted by Gasteiger charge is -2.32. The Labute approximate surface area is 209 Å². The van der Waals surface area contributed by atoms with Crippen LogP contribution in [0.1, 0.15) is 32.8 Å². The van der Waals surface area contributed by atoms with Gasteiger partial charge in [0.1, 0.15) is 12.6 Å². The van der Waals surface area contributed by atoms with Gasteiger partial charge in [-0.25, -0.2) is 8.42 Å². The Bertz CT molecular complexity index is 1080. The fourth-order valence-corrected chi connectivity index (χ4v) is 4.37. The van der Waals surface area contributed by atoms with Crippen molar-refractivity contribution in [3.05, 3.63) is 63.6 Å². The van der Waals surface area contributed by atoms with Crippen molar-refractivity contribution in [2.45, 2.75) is 45.8 Å². The summed E-state index contributed by atoms with van der Waals surface area (Å²) in [4.78, 5) is 27.7. The fraction of sp³-hybridized carbons (Fsp3) is 0.391. The highest BCUT2D eigenvalue weighted by atomic mass is 79.9. The zero-order chi connectivity index (χ0) is 24.8. The van der Waals surface area contributed by atoms with Crippen LogP contribution in [0.3, 0.4) is 0 Å². The molecule has 1 N–H and O–H groups in total. The van der Waals surface area contributed by atoms with Gasteiger partial charge < -0.3 is 10.2 Å². The third-order valence-corrected chi connectivity index (χ3v) is 7.11. The van der Waals surface area contributed by atoms with Crippen molar-refractivity contribution >= 4 is 55.1 Å². The Morgan fingerprint density at radius 1 is 1.12 bits per heavy atom. The van der Waals surface area contributed by atoms with Gasteiger partial charge in [-0.3, -0.25) is 13.9 Å². The first kappa shape index (κ1) is 27.1. The van der Waals surface area contributed by atoms with E-state index in [4.69, 9.17) is 11.6 Å². The molecule has 10 heteroatoms. The van der Waals surface area contributed by atoms with Crippen LogP contribution in [-0.2, 0) is 26.2 Å². The van der Waals surface area contributed by atoms with Gasteiger partial charge in [0.25, 0.3) is 0 Å². The maximum Gasteiger partial charge on any atom is 0.244 e. The van der Waals surface area contributed by atoms with E-state index in [1.165, 1.54) is 11.0 Å². The second-order valence-corrected chi connectivity index (χ2v) is 11.2. The lowest BCUT2D eigenvalue weighted by atomic mass is 10.1. The van der Waals surface area contributed by atoms with Gasteiger partial charge in [-0.1, -0.05) is 52.7 Å². The van der Waals surface area contributed by atoms with E-state index in [1.807, 2.05) is 38.1 Å². The highest BCUT2D eigenvalue weighted by Gasteiger charge is 2.30. The summed E-state index contributed by atoms with van der Waals surface area (Å²) in [6.45, 7) is 5.16. The molecule has 0 aliphatic heterocycles. The normalized spacial score (nSPS) is 13.2. The van der Waals surface area contributed by atoms with E-state index in [9.17, 15) is 18.0 Å². The third kappa shape index (κ3) is 8.01. The van der Waals surface area contributed by atoms with Gasteiger partial charge in [-0.15, -0.1) is 0 Å². The number of amides is 2. The van der Waals surface area contributed by atoms with Crippen molar-refractivity contribution in [1.82, 2.24) is 10.2 Å². The Kier molecular flexibility index (Phi) is 9.75. The second-order valence-electron chi connectivity index (χ2n) is 7.89. The van der Waals surface area contributed by atoms with Crippen LogP contribution in [0.4, 0.5) is 5.69 Å². The molecule has 0 radical (unpaired) electrons. The van der Waals surface area contributed by atoms with Crippen molar-refractivity contribution in [3.8, 4) is 0 Å². The first-order valence-corrected chi connectivity index (χ1v) is 13.5. The maximum atomic E-state index is 13.4. The number of anilines is 1. The van der Waals surface area contributed by atoms with Crippen molar-refractivity contribution in [2.75, 3.05) is 17.1 Å². The molecule has 2 aromatic rings. The molecule has 2 aromatic carbocycles. The van der Waals surface area contributed by atoms with E-state index in [-0.39, 0.29) is 24.2 Å². The van der Waals surface area contributed by atoms with Crippen molar-refractivity contribution in [2.24, 2.45) is 0 Å². The number of carbonyl (C=O) groups excluding carboxylic acids is 2. The number of nitrogens with one attached hydrogen (secondary N) is 1. The smallest absolute Gasteiger partial charge is 0.244 e. The lowest BCUT2D eigenvalue weighted by molar-refractivity contribution is -0.139. The predicted molar refractivity (Wildman–Crippen MR) is 136 cm³/mol. The summed E-state index contributed by atoms with van der Waals surface area (Å²) >= 11 is 9.42. The van der Waals surface area contributed by atoms with Gasteiger partial charge >= 0.3 is 0 Å². The molecule has 2 rings (SSSR count). The molecule has 0 aromatic heterocycles. The molecule has 0 heterocycles. The second kappa shape index (κ2) is 11.9. The summed E-state index contributed by atoms with van der Waals surface area (Å²) in [6, 6.07) is 12.8. The number of sulfonamides is 1. The molecule has 2 amide bonds. The molecule has 7 nitrogen and oxygen atoms in total. The number of carbonyl (C=O) groups is 2. The van der Waals surface area contributed by atoms with Crippen molar-refractivity contribution in [1.29, 1.82) is 0 Å². The number of nitrogens with zero attached hydrogens (tertiary/aromatic N) is 2. The van der Waals surface area contributed by atoms with E-state index in [0.29, 0.717) is 5.02 Å². The van der Waals surface area contributed by atoms with Crippen molar-refractivity contribution < 1.29 is 18.0 Å². The zero-order valence-corrected chi connectivity index (χ0v) is 22.2. The SMILES string of the molecule is CCC(C)NC(=O)C(C)N(Cc1ccc(Br)cc1)C(=O)CN(c1cccc(Cl)c1)S(C)(=O)=O. The monoisotopic (exact) mass is 557 g/mol. The first-order chi connectivity index (χ1) is 15.4. The largest absolute Gasteiger partial charge is 0.352 e. The fourth-order valence-electron chi connectivity index (χ4n) is 3.08. The summed E-state index contributed by atoms with van der Waals surface area (Å²) in [5.41, 5.74) is 1.09. The Hall–Kier alpha value is -2.10. The molecule has 0 spiro atoms. The number of benzene rings is 2. The summed E-state index contributed by atoms with van der Waals surface area (Å²) < 4.78 is 26.9. The predicted octanol–water partition coefficient (Wildman–Crippen LogP) is 4.20.